The maximum Gasteiger partial charge on any atom is 0.344 e. The van der Waals surface area contributed by atoms with E-state index in [4.69, 9.17) is 9.84 Å². The van der Waals surface area contributed by atoms with Gasteiger partial charge in [0.05, 0.1) is 3.57 Å². The second kappa shape index (κ2) is 5.19. The fourth-order valence-corrected chi connectivity index (χ4v) is 1.52. The van der Waals surface area contributed by atoms with Crippen LogP contribution in [-0.2, 0) is 4.79 Å². The Kier molecular flexibility index (Phi) is 4.19. The second-order valence-electron chi connectivity index (χ2n) is 2.78. The fourth-order valence-electron chi connectivity index (χ4n) is 1.00. The van der Waals surface area contributed by atoms with E-state index >= 15 is 0 Å². The number of hydrogen-bond acceptors (Lipinski definition) is 2. The van der Waals surface area contributed by atoms with Crippen molar-refractivity contribution in [2.75, 3.05) is 0 Å². The molecular weight excluding hydrogens is 295 g/mol. The Bertz CT molecular complexity index is 325. The Balaban J connectivity index is 2.77. The highest BCUT2D eigenvalue weighted by Crippen LogP contribution is 2.21. The number of hydrogen-bond donors (Lipinski definition) is 1. The van der Waals surface area contributed by atoms with Crippen LogP contribution in [0.1, 0.15) is 13.3 Å². The first kappa shape index (κ1) is 11.3. The van der Waals surface area contributed by atoms with Crippen molar-refractivity contribution in [2.24, 2.45) is 0 Å². The van der Waals surface area contributed by atoms with Crippen molar-refractivity contribution in [2.45, 2.75) is 19.4 Å². The van der Waals surface area contributed by atoms with E-state index in [1.54, 1.807) is 13.0 Å². The highest BCUT2D eigenvalue weighted by atomic mass is 127. The molecule has 0 bridgehead atoms. The van der Waals surface area contributed by atoms with Gasteiger partial charge in [0.2, 0.25) is 0 Å². The van der Waals surface area contributed by atoms with Crippen molar-refractivity contribution in [1.82, 2.24) is 0 Å². The van der Waals surface area contributed by atoms with Gasteiger partial charge in [0.1, 0.15) is 5.75 Å². The van der Waals surface area contributed by atoms with Crippen molar-refractivity contribution in [3.05, 3.63) is 27.8 Å². The number of halogens is 1. The summed E-state index contributed by atoms with van der Waals surface area (Å²) in [5, 5.41) is 8.80. The Morgan fingerprint density at radius 3 is 2.71 bits per heavy atom. The van der Waals surface area contributed by atoms with Gasteiger partial charge in [0.25, 0.3) is 0 Å². The molecule has 1 N–H and O–H groups in total. The molecule has 0 aliphatic heterocycles. The number of carboxylic acids is 1. The van der Waals surface area contributed by atoms with Crippen LogP contribution in [0.25, 0.3) is 0 Å². The second-order valence-corrected chi connectivity index (χ2v) is 3.95. The molecule has 1 atom stereocenters. The van der Waals surface area contributed by atoms with Gasteiger partial charge in [0, 0.05) is 0 Å². The first-order valence-electron chi connectivity index (χ1n) is 4.29. The van der Waals surface area contributed by atoms with Gasteiger partial charge in [0.15, 0.2) is 6.10 Å². The van der Waals surface area contributed by atoms with E-state index in [9.17, 15) is 4.79 Å². The van der Waals surface area contributed by atoms with E-state index in [1.165, 1.54) is 0 Å². The smallest absolute Gasteiger partial charge is 0.344 e. The third kappa shape index (κ3) is 2.87. The minimum Gasteiger partial charge on any atom is -0.479 e. The Morgan fingerprint density at radius 2 is 2.21 bits per heavy atom. The van der Waals surface area contributed by atoms with Gasteiger partial charge in [-0.2, -0.15) is 0 Å². The maximum absolute atomic E-state index is 10.7. The van der Waals surface area contributed by atoms with Crippen molar-refractivity contribution in [3.8, 4) is 5.75 Å². The quantitative estimate of drug-likeness (QED) is 0.870. The van der Waals surface area contributed by atoms with Crippen molar-refractivity contribution < 1.29 is 14.6 Å². The lowest BCUT2D eigenvalue weighted by Gasteiger charge is -2.13. The largest absolute Gasteiger partial charge is 0.479 e. The molecule has 0 unspecified atom stereocenters. The summed E-state index contributed by atoms with van der Waals surface area (Å²) in [5.74, 6) is -0.297. The summed E-state index contributed by atoms with van der Waals surface area (Å²) in [6, 6.07) is 7.36. The van der Waals surface area contributed by atoms with Gasteiger partial charge >= 0.3 is 5.97 Å². The maximum atomic E-state index is 10.7. The monoisotopic (exact) mass is 306 g/mol. The minimum absolute atomic E-state index is 0.459. The first-order chi connectivity index (χ1) is 6.65. The van der Waals surface area contributed by atoms with E-state index in [-0.39, 0.29) is 0 Å². The molecule has 0 aliphatic rings. The molecule has 3 nitrogen and oxygen atoms in total. The van der Waals surface area contributed by atoms with Gasteiger partial charge in [-0.15, -0.1) is 0 Å². The molecule has 1 aromatic rings. The zero-order chi connectivity index (χ0) is 10.6. The normalized spacial score (nSPS) is 12.1. The predicted octanol–water partition coefficient (Wildman–Crippen LogP) is 2.53. The SMILES string of the molecule is CC[C@H](Oc1ccccc1I)C(=O)O. The van der Waals surface area contributed by atoms with Crippen LogP contribution in [0.2, 0.25) is 0 Å². The Hall–Kier alpha value is -0.780. The minimum atomic E-state index is -0.924. The van der Waals surface area contributed by atoms with E-state index in [1.807, 2.05) is 18.2 Å². The molecule has 1 aromatic carbocycles. The van der Waals surface area contributed by atoms with Crippen molar-refractivity contribution in [3.63, 3.8) is 0 Å². The topological polar surface area (TPSA) is 46.5 Å². The van der Waals surface area contributed by atoms with Gasteiger partial charge in [-0.1, -0.05) is 19.1 Å². The van der Waals surface area contributed by atoms with Crippen LogP contribution in [-0.4, -0.2) is 17.2 Å². The highest BCUT2D eigenvalue weighted by molar-refractivity contribution is 14.1. The number of benzene rings is 1. The van der Waals surface area contributed by atoms with E-state index in [0.29, 0.717) is 12.2 Å². The van der Waals surface area contributed by atoms with Crippen LogP contribution in [0.4, 0.5) is 0 Å². The summed E-state index contributed by atoms with van der Waals surface area (Å²) in [7, 11) is 0. The summed E-state index contributed by atoms with van der Waals surface area (Å²) in [4.78, 5) is 10.7. The van der Waals surface area contributed by atoms with E-state index in [2.05, 4.69) is 22.6 Å². The fraction of sp³-hybridized carbons (Fsp3) is 0.300. The molecule has 0 amide bonds. The zero-order valence-electron chi connectivity index (χ0n) is 7.74. The van der Waals surface area contributed by atoms with Crippen LogP contribution >= 0.6 is 22.6 Å². The van der Waals surface area contributed by atoms with Gasteiger partial charge < -0.3 is 9.84 Å². The van der Waals surface area contributed by atoms with Gasteiger partial charge in [-0.3, -0.25) is 0 Å². The van der Waals surface area contributed by atoms with Crippen molar-refractivity contribution in [1.29, 1.82) is 0 Å². The summed E-state index contributed by atoms with van der Waals surface area (Å²) in [6.07, 6.45) is -0.300. The Morgan fingerprint density at radius 1 is 1.57 bits per heavy atom. The molecule has 1 rings (SSSR count). The lowest BCUT2D eigenvalue weighted by molar-refractivity contribution is -0.145. The summed E-state index contributed by atoms with van der Waals surface area (Å²) in [6.45, 7) is 1.79. The lowest BCUT2D eigenvalue weighted by Crippen LogP contribution is -2.26. The molecule has 76 valence electrons. The Labute approximate surface area is 96.2 Å². The van der Waals surface area contributed by atoms with Crippen LogP contribution in [0.5, 0.6) is 5.75 Å². The summed E-state index contributed by atoms with van der Waals surface area (Å²) in [5.41, 5.74) is 0. The van der Waals surface area contributed by atoms with Crippen LogP contribution < -0.4 is 4.74 Å². The highest BCUT2D eigenvalue weighted by Gasteiger charge is 2.17. The number of para-hydroxylation sites is 1. The molecule has 0 aliphatic carbocycles. The molecular formula is C10H11IO3. The van der Waals surface area contributed by atoms with Crippen LogP contribution in [0, 0.1) is 3.57 Å². The molecule has 0 saturated heterocycles. The summed E-state index contributed by atoms with van der Waals surface area (Å²) >= 11 is 2.12. The average Bonchev–Trinajstić information content (AvgIpc) is 2.16. The molecule has 0 radical (unpaired) electrons. The molecule has 0 heterocycles. The molecule has 14 heavy (non-hydrogen) atoms. The van der Waals surface area contributed by atoms with Crippen molar-refractivity contribution >= 4 is 28.6 Å². The van der Waals surface area contributed by atoms with Crippen LogP contribution in [0.15, 0.2) is 24.3 Å². The predicted molar refractivity (Wildman–Crippen MR) is 61.5 cm³/mol. The van der Waals surface area contributed by atoms with Gasteiger partial charge in [-0.25, -0.2) is 4.79 Å². The number of rotatable bonds is 4. The number of carboxylic acid groups (broad SMARTS) is 1. The van der Waals surface area contributed by atoms with E-state index in [0.717, 1.165) is 3.57 Å². The van der Waals surface area contributed by atoms with Gasteiger partial charge in [-0.05, 0) is 41.1 Å². The molecule has 0 fully saturated rings. The molecule has 0 aromatic heterocycles. The lowest BCUT2D eigenvalue weighted by atomic mass is 10.3. The third-order valence-electron chi connectivity index (χ3n) is 1.75. The molecule has 0 saturated carbocycles. The zero-order valence-corrected chi connectivity index (χ0v) is 9.89. The first-order valence-corrected chi connectivity index (χ1v) is 5.37. The molecule has 4 heteroatoms. The summed E-state index contributed by atoms with van der Waals surface area (Å²) < 4.78 is 6.27. The number of aliphatic carboxylic acids is 1. The standard InChI is InChI=1S/C10H11IO3/c1-2-8(10(12)13)14-9-6-4-3-5-7(9)11/h3-6,8H,2H2,1H3,(H,12,13)/t8-/m0/s1. The number of carbonyl (C=O) groups is 1. The average molecular weight is 306 g/mol. The third-order valence-corrected chi connectivity index (χ3v) is 2.64. The molecule has 0 spiro atoms. The van der Waals surface area contributed by atoms with E-state index < -0.39 is 12.1 Å². The number of ether oxygens (including phenoxy) is 1. The van der Waals surface area contributed by atoms with Crippen LogP contribution in [0.3, 0.4) is 0 Å².